The van der Waals surface area contributed by atoms with Gasteiger partial charge in [-0.25, -0.2) is 13.2 Å². The van der Waals surface area contributed by atoms with Crippen LogP contribution in [-0.4, -0.2) is 36.9 Å². The SMILES string of the molecule is CCOC(=O)c1ccc(-c2ccc(CN(Cc3cccnc3)S(=O)(=O)c3ccc(OCC4CCCCC4)cc3)cc2)cc1. The highest BCUT2D eigenvalue weighted by molar-refractivity contribution is 7.89. The second kappa shape index (κ2) is 14.4. The number of esters is 1. The van der Waals surface area contributed by atoms with E-state index < -0.39 is 10.0 Å². The third-order valence-electron chi connectivity index (χ3n) is 7.80. The summed E-state index contributed by atoms with van der Waals surface area (Å²) in [5, 5.41) is 0. The highest BCUT2D eigenvalue weighted by Gasteiger charge is 2.25. The molecule has 0 aliphatic heterocycles. The van der Waals surface area contributed by atoms with Gasteiger partial charge in [0.05, 0.1) is 23.7 Å². The zero-order valence-electron chi connectivity index (χ0n) is 24.5. The molecule has 0 unspecified atom stereocenters. The average Bonchev–Trinajstić information content (AvgIpc) is 3.05. The third-order valence-corrected chi connectivity index (χ3v) is 9.60. The lowest BCUT2D eigenvalue weighted by Gasteiger charge is -2.23. The van der Waals surface area contributed by atoms with Crippen molar-refractivity contribution < 1.29 is 22.7 Å². The molecule has 224 valence electrons. The molecule has 0 N–H and O–H groups in total. The van der Waals surface area contributed by atoms with Gasteiger partial charge in [0, 0.05) is 25.5 Å². The number of carbonyl (C=O) groups excluding carboxylic acids is 1. The van der Waals surface area contributed by atoms with Gasteiger partial charge in [0.2, 0.25) is 10.0 Å². The number of hydrogen-bond donors (Lipinski definition) is 0. The number of pyridine rings is 1. The molecule has 1 aliphatic rings. The van der Waals surface area contributed by atoms with Gasteiger partial charge in [0.1, 0.15) is 5.75 Å². The number of nitrogens with zero attached hydrogens (tertiary/aromatic N) is 2. The molecule has 1 heterocycles. The molecule has 8 heteroatoms. The summed E-state index contributed by atoms with van der Waals surface area (Å²) in [6.45, 7) is 3.16. The van der Waals surface area contributed by atoms with Crippen LogP contribution in [0.4, 0.5) is 0 Å². The molecule has 0 spiro atoms. The van der Waals surface area contributed by atoms with Crippen molar-refractivity contribution in [2.45, 2.75) is 57.0 Å². The highest BCUT2D eigenvalue weighted by Crippen LogP contribution is 2.27. The van der Waals surface area contributed by atoms with E-state index in [0.29, 0.717) is 30.4 Å². The number of ether oxygens (including phenoxy) is 2. The van der Waals surface area contributed by atoms with Crippen LogP contribution in [0.1, 0.15) is 60.5 Å². The van der Waals surface area contributed by atoms with Crippen molar-refractivity contribution >= 4 is 16.0 Å². The maximum absolute atomic E-state index is 13.9. The van der Waals surface area contributed by atoms with Crippen molar-refractivity contribution in [3.8, 4) is 16.9 Å². The number of hydrogen-bond acceptors (Lipinski definition) is 6. The summed E-state index contributed by atoms with van der Waals surface area (Å²) in [5.74, 6) is 0.914. The van der Waals surface area contributed by atoms with Crippen molar-refractivity contribution in [3.05, 3.63) is 114 Å². The lowest BCUT2D eigenvalue weighted by atomic mass is 9.90. The van der Waals surface area contributed by atoms with Crippen LogP contribution >= 0.6 is 0 Å². The van der Waals surface area contributed by atoms with Gasteiger partial charge in [-0.1, -0.05) is 61.7 Å². The number of sulfonamides is 1. The van der Waals surface area contributed by atoms with Crippen molar-refractivity contribution in [3.63, 3.8) is 0 Å². The molecule has 1 saturated carbocycles. The van der Waals surface area contributed by atoms with Crippen LogP contribution in [0, 0.1) is 5.92 Å². The molecule has 43 heavy (non-hydrogen) atoms. The normalized spacial score (nSPS) is 14.0. The van der Waals surface area contributed by atoms with Crippen LogP contribution in [0.2, 0.25) is 0 Å². The van der Waals surface area contributed by atoms with Crippen molar-refractivity contribution in [1.82, 2.24) is 9.29 Å². The molecule has 4 aromatic rings. The van der Waals surface area contributed by atoms with Gasteiger partial charge in [-0.15, -0.1) is 0 Å². The maximum Gasteiger partial charge on any atom is 0.338 e. The quantitative estimate of drug-likeness (QED) is 0.159. The number of carbonyl (C=O) groups is 1. The molecular weight excluding hydrogens is 560 g/mol. The van der Waals surface area contributed by atoms with Crippen LogP contribution in [0.25, 0.3) is 11.1 Å². The molecule has 0 bridgehead atoms. The van der Waals surface area contributed by atoms with Crippen LogP contribution in [-0.2, 0) is 27.8 Å². The van der Waals surface area contributed by atoms with E-state index in [1.165, 1.54) is 36.4 Å². The predicted octanol–water partition coefficient (Wildman–Crippen LogP) is 7.28. The van der Waals surface area contributed by atoms with E-state index in [9.17, 15) is 13.2 Å². The second-order valence-electron chi connectivity index (χ2n) is 10.9. The number of rotatable bonds is 12. The van der Waals surface area contributed by atoms with E-state index in [-0.39, 0.29) is 24.0 Å². The largest absolute Gasteiger partial charge is 0.493 e. The predicted molar refractivity (Wildman–Crippen MR) is 167 cm³/mol. The first-order valence-electron chi connectivity index (χ1n) is 14.9. The van der Waals surface area contributed by atoms with Crippen molar-refractivity contribution in [2.75, 3.05) is 13.2 Å². The Morgan fingerprint density at radius 3 is 2.12 bits per heavy atom. The van der Waals surface area contributed by atoms with Gasteiger partial charge in [-0.3, -0.25) is 4.98 Å². The first-order valence-corrected chi connectivity index (χ1v) is 16.3. The minimum atomic E-state index is -3.82. The Morgan fingerprint density at radius 1 is 0.837 bits per heavy atom. The van der Waals surface area contributed by atoms with E-state index in [4.69, 9.17) is 9.47 Å². The topological polar surface area (TPSA) is 85.8 Å². The fourth-order valence-corrected chi connectivity index (χ4v) is 6.78. The molecule has 1 aliphatic carbocycles. The first-order chi connectivity index (χ1) is 20.9. The zero-order chi connectivity index (χ0) is 30.1. The van der Waals surface area contributed by atoms with Crippen molar-refractivity contribution in [2.24, 2.45) is 5.92 Å². The molecule has 0 saturated heterocycles. The van der Waals surface area contributed by atoms with E-state index in [1.807, 2.05) is 42.5 Å². The zero-order valence-corrected chi connectivity index (χ0v) is 25.3. The molecular formula is C35H38N2O5S. The Kier molecular flexibility index (Phi) is 10.2. The van der Waals surface area contributed by atoms with Gasteiger partial charge >= 0.3 is 5.97 Å². The lowest BCUT2D eigenvalue weighted by molar-refractivity contribution is 0.0526. The molecule has 7 nitrogen and oxygen atoms in total. The molecule has 0 amide bonds. The smallest absolute Gasteiger partial charge is 0.338 e. The average molecular weight is 599 g/mol. The third kappa shape index (κ3) is 8.09. The highest BCUT2D eigenvalue weighted by atomic mass is 32.2. The summed E-state index contributed by atoms with van der Waals surface area (Å²) in [4.78, 5) is 16.4. The summed E-state index contributed by atoms with van der Waals surface area (Å²) in [5.41, 5.74) is 4.07. The fourth-order valence-electron chi connectivity index (χ4n) is 5.37. The monoisotopic (exact) mass is 598 g/mol. The van der Waals surface area contributed by atoms with Gasteiger partial charge in [-0.05, 0) is 90.4 Å². The van der Waals surface area contributed by atoms with Crippen LogP contribution < -0.4 is 4.74 Å². The summed E-state index contributed by atoms with van der Waals surface area (Å²) >= 11 is 0. The standard InChI is InChI=1S/C35H38N2O5S/c1-2-41-35(38)32-16-14-31(15-17-32)30-12-10-27(11-13-30)24-37(25-29-9-6-22-36-23-29)43(39,40)34-20-18-33(19-21-34)42-26-28-7-4-3-5-8-28/h6,9-23,28H,2-5,7-8,24-26H2,1H3. The van der Waals surface area contributed by atoms with Crippen LogP contribution in [0.5, 0.6) is 5.75 Å². The minimum absolute atomic E-state index is 0.188. The molecule has 5 rings (SSSR count). The van der Waals surface area contributed by atoms with E-state index in [2.05, 4.69) is 4.98 Å². The molecule has 3 aromatic carbocycles. The van der Waals surface area contributed by atoms with Gasteiger partial charge in [-0.2, -0.15) is 4.31 Å². The Labute approximate surface area is 254 Å². The van der Waals surface area contributed by atoms with Crippen LogP contribution in [0.15, 0.2) is 102 Å². The minimum Gasteiger partial charge on any atom is -0.493 e. The van der Waals surface area contributed by atoms with Gasteiger partial charge in [0.25, 0.3) is 0 Å². The Balaban J connectivity index is 1.31. The number of benzene rings is 3. The summed E-state index contributed by atoms with van der Waals surface area (Å²) in [6, 6.07) is 25.5. The molecule has 0 radical (unpaired) electrons. The first kappa shape index (κ1) is 30.4. The van der Waals surface area contributed by atoms with Gasteiger partial charge in [0.15, 0.2) is 0 Å². The second-order valence-corrected chi connectivity index (χ2v) is 12.9. The Bertz CT molecular complexity index is 1570. The fraction of sp³-hybridized carbons (Fsp3) is 0.314. The van der Waals surface area contributed by atoms with E-state index in [1.54, 1.807) is 61.8 Å². The number of aromatic nitrogens is 1. The lowest BCUT2D eigenvalue weighted by Crippen LogP contribution is -2.30. The van der Waals surface area contributed by atoms with Crippen LogP contribution in [0.3, 0.4) is 0 Å². The van der Waals surface area contributed by atoms with Crippen molar-refractivity contribution in [1.29, 1.82) is 0 Å². The molecule has 0 atom stereocenters. The summed E-state index contributed by atoms with van der Waals surface area (Å²) < 4.78 is 40.4. The molecule has 1 aromatic heterocycles. The maximum atomic E-state index is 13.9. The summed E-state index contributed by atoms with van der Waals surface area (Å²) in [7, 11) is -3.82. The Morgan fingerprint density at radius 2 is 1.49 bits per heavy atom. The molecule has 1 fully saturated rings. The van der Waals surface area contributed by atoms with E-state index >= 15 is 0 Å². The summed E-state index contributed by atoms with van der Waals surface area (Å²) in [6.07, 6.45) is 9.56. The van der Waals surface area contributed by atoms with E-state index in [0.717, 1.165) is 22.3 Å². The van der Waals surface area contributed by atoms with Gasteiger partial charge < -0.3 is 9.47 Å². The Hall–Kier alpha value is -4.01.